The third kappa shape index (κ3) is 3.26. The van der Waals surface area contributed by atoms with Crippen LogP contribution in [0.15, 0.2) is 30.5 Å². The van der Waals surface area contributed by atoms with Crippen LogP contribution >= 0.6 is 0 Å². The van der Waals surface area contributed by atoms with Crippen LogP contribution in [0.2, 0.25) is 0 Å². The normalized spacial score (nSPS) is 25.2. The first-order chi connectivity index (χ1) is 12.8. The van der Waals surface area contributed by atoms with Crippen LogP contribution < -0.4 is 5.32 Å². The van der Waals surface area contributed by atoms with Crippen molar-refractivity contribution >= 4 is 11.7 Å². The van der Waals surface area contributed by atoms with Crippen molar-refractivity contribution in [3.05, 3.63) is 41.9 Å². The Morgan fingerprint density at radius 1 is 1.33 bits per heavy atom. The second-order valence-electron chi connectivity index (χ2n) is 7.11. The van der Waals surface area contributed by atoms with Crippen LogP contribution in [0.1, 0.15) is 54.5 Å². The van der Waals surface area contributed by atoms with Gasteiger partial charge in [0, 0.05) is 24.8 Å². The zero-order valence-corrected chi connectivity index (χ0v) is 14.8. The molecule has 4 heterocycles. The number of nitrogens with one attached hydrogen (secondary N) is 1. The molecule has 0 spiro atoms. The van der Waals surface area contributed by atoms with Gasteiger partial charge in [0.05, 0.1) is 11.7 Å². The van der Waals surface area contributed by atoms with Gasteiger partial charge in [-0.05, 0) is 38.3 Å². The molecule has 1 N–H and O–H groups in total. The van der Waals surface area contributed by atoms with Crippen LogP contribution in [0, 0.1) is 0 Å². The van der Waals surface area contributed by atoms with Crippen molar-refractivity contribution < 1.29 is 18.0 Å². The molecule has 0 aliphatic carbocycles. The van der Waals surface area contributed by atoms with Gasteiger partial charge in [0.15, 0.2) is 6.04 Å². The molecule has 4 rings (SSSR count). The van der Waals surface area contributed by atoms with E-state index in [9.17, 15) is 18.0 Å². The van der Waals surface area contributed by atoms with Gasteiger partial charge in [-0.25, -0.2) is 4.68 Å². The first-order valence-corrected chi connectivity index (χ1v) is 8.99. The Hall–Kier alpha value is -2.58. The van der Waals surface area contributed by atoms with E-state index < -0.39 is 12.2 Å². The lowest BCUT2D eigenvalue weighted by Crippen LogP contribution is -2.38. The summed E-state index contributed by atoms with van der Waals surface area (Å²) in [6, 6.07) is 4.44. The molecule has 9 heteroatoms. The molecule has 0 saturated carbocycles. The number of anilines is 1. The van der Waals surface area contributed by atoms with Crippen LogP contribution in [-0.2, 0) is 0 Å². The fraction of sp³-hybridized carbons (Fsp3) is 0.500. The first-order valence-electron chi connectivity index (χ1n) is 8.99. The Kier molecular flexibility index (Phi) is 4.32. The van der Waals surface area contributed by atoms with Crippen LogP contribution in [-0.4, -0.2) is 44.3 Å². The Labute approximate surface area is 154 Å². The second-order valence-corrected chi connectivity index (χ2v) is 7.11. The molecule has 0 aromatic carbocycles. The zero-order chi connectivity index (χ0) is 19.2. The van der Waals surface area contributed by atoms with Crippen molar-refractivity contribution in [3.63, 3.8) is 0 Å². The number of hydrogen-bond acceptors (Lipinski definition) is 4. The van der Waals surface area contributed by atoms with Gasteiger partial charge >= 0.3 is 6.18 Å². The summed E-state index contributed by atoms with van der Waals surface area (Å²) in [5.41, 5.74) is 0.816. The smallest absolute Gasteiger partial charge is 0.368 e. The van der Waals surface area contributed by atoms with Gasteiger partial charge in [0.1, 0.15) is 11.5 Å². The van der Waals surface area contributed by atoms with E-state index in [1.165, 1.54) is 0 Å². The largest absolute Gasteiger partial charge is 0.410 e. The third-order valence-electron chi connectivity index (χ3n) is 5.14. The Balaban J connectivity index is 1.65. The number of halogens is 3. The molecule has 144 valence electrons. The summed E-state index contributed by atoms with van der Waals surface area (Å²) in [5, 5.41) is 7.33. The van der Waals surface area contributed by atoms with E-state index >= 15 is 0 Å². The highest BCUT2D eigenvalue weighted by molar-refractivity contribution is 5.92. The maximum absolute atomic E-state index is 13.4. The lowest BCUT2D eigenvalue weighted by molar-refractivity contribution is -0.173. The molecule has 2 aromatic rings. The van der Waals surface area contributed by atoms with Gasteiger partial charge < -0.3 is 10.2 Å². The summed E-state index contributed by atoms with van der Waals surface area (Å²) >= 11 is 0. The number of pyridine rings is 1. The van der Waals surface area contributed by atoms with E-state index in [0.29, 0.717) is 30.2 Å². The van der Waals surface area contributed by atoms with Crippen molar-refractivity contribution in [1.29, 1.82) is 0 Å². The Morgan fingerprint density at radius 3 is 2.85 bits per heavy atom. The van der Waals surface area contributed by atoms with E-state index in [4.69, 9.17) is 0 Å². The summed E-state index contributed by atoms with van der Waals surface area (Å²) in [5.74, 6) is 0.126. The molecule has 1 saturated heterocycles. The predicted octanol–water partition coefficient (Wildman–Crippen LogP) is 3.56. The highest BCUT2D eigenvalue weighted by atomic mass is 19.4. The van der Waals surface area contributed by atoms with E-state index in [-0.39, 0.29) is 24.4 Å². The van der Waals surface area contributed by atoms with E-state index in [2.05, 4.69) is 15.4 Å². The molecule has 6 nitrogen and oxygen atoms in total. The van der Waals surface area contributed by atoms with Crippen molar-refractivity contribution in [1.82, 2.24) is 19.7 Å². The van der Waals surface area contributed by atoms with Crippen molar-refractivity contribution in [2.45, 2.75) is 50.5 Å². The van der Waals surface area contributed by atoms with Crippen LogP contribution in [0.5, 0.6) is 0 Å². The number of carbonyl (C=O) groups is 1. The second kappa shape index (κ2) is 6.54. The monoisotopic (exact) mass is 379 g/mol. The Bertz CT molecular complexity index is 835. The van der Waals surface area contributed by atoms with Crippen molar-refractivity contribution in [2.75, 3.05) is 11.9 Å². The SMILES string of the molecule is C[C@@H]1C[C@H](C(F)(F)F)n2nc([C@H]3CCCN3C(=O)c3ccccn3)cc2N1. The van der Waals surface area contributed by atoms with Gasteiger partial charge in [-0.15, -0.1) is 0 Å². The number of amides is 1. The fourth-order valence-corrected chi connectivity index (χ4v) is 3.89. The van der Waals surface area contributed by atoms with Gasteiger partial charge in [0.2, 0.25) is 0 Å². The molecule has 2 aliphatic heterocycles. The molecule has 1 amide bonds. The molecule has 2 aliphatic rings. The quantitative estimate of drug-likeness (QED) is 0.867. The lowest BCUT2D eigenvalue weighted by Gasteiger charge is -2.31. The Morgan fingerprint density at radius 2 is 2.15 bits per heavy atom. The summed E-state index contributed by atoms with van der Waals surface area (Å²) < 4.78 is 41.4. The van der Waals surface area contributed by atoms with Crippen LogP contribution in [0.4, 0.5) is 19.0 Å². The molecule has 0 radical (unpaired) electrons. The standard InChI is InChI=1S/C18H20F3N5O/c1-11-9-15(18(19,20)21)26-16(23-11)10-13(24-26)14-6-4-8-25(14)17(27)12-5-2-3-7-22-12/h2-3,5,7,10-11,14-15,23H,4,6,8-9H2,1H3/t11-,14-,15-/m1/s1. The number of rotatable bonds is 2. The summed E-state index contributed by atoms with van der Waals surface area (Å²) in [4.78, 5) is 18.5. The van der Waals surface area contributed by atoms with Crippen LogP contribution in [0.3, 0.4) is 0 Å². The minimum Gasteiger partial charge on any atom is -0.368 e. The number of nitrogens with zero attached hydrogens (tertiary/aromatic N) is 4. The van der Waals surface area contributed by atoms with E-state index in [1.54, 1.807) is 42.3 Å². The van der Waals surface area contributed by atoms with Gasteiger partial charge in [0.25, 0.3) is 5.91 Å². The zero-order valence-electron chi connectivity index (χ0n) is 14.8. The van der Waals surface area contributed by atoms with Gasteiger partial charge in [-0.3, -0.25) is 9.78 Å². The topological polar surface area (TPSA) is 63.1 Å². The predicted molar refractivity (Wildman–Crippen MR) is 92.3 cm³/mol. The number of likely N-dealkylation sites (tertiary alicyclic amines) is 1. The lowest BCUT2D eigenvalue weighted by atomic mass is 10.1. The molecule has 2 aromatic heterocycles. The number of carbonyl (C=O) groups excluding carboxylic acids is 1. The van der Waals surface area contributed by atoms with E-state index in [0.717, 1.165) is 11.1 Å². The number of alkyl halides is 3. The molecular weight excluding hydrogens is 359 g/mol. The fourth-order valence-electron chi connectivity index (χ4n) is 3.89. The van der Waals surface area contributed by atoms with Gasteiger partial charge in [-0.2, -0.15) is 18.3 Å². The molecule has 0 unspecified atom stereocenters. The van der Waals surface area contributed by atoms with E-state index in [1.807, 2.05) is 0 Å². The molecular formula is C18H20F3N5O. The minimum atomic E-state index is -4.37. The van der Waals surface area contributed by atoms with Crippen molar-refractivity contribution in [2.24, 2.45) is 0 Å². The summed E-state index contributed by atoms with van der Waals surface area (Å²) in [6.45, 7) is 2.26. The summed E-state index contributed by atoms with van der Waals surface area (Å²) in [7, 11) is 0. The van der Waals surface area contributed by atoms with Gasteiger partial charge in [-0.1, -0.05) is 6.07 Å². The molecule has 3 atom stereocenters. The number of aromatic nitrogens is 3. The summed E-state index contributed by atoms with van der Waals surface area (Å²) in [6.07, 6.45) is -1.45. The first kappa shape index (κ1) is 17.8. The average Bonchev–Trinajstić information content (AvgIpc) is 3.26. The molecule has 1 fully saturated rings. The maximum Gasteiger partial charge on any atom is 0.410 e. The van der Waals surface area contributed by atoms with Crippen LogP contribution in [0.25, 0.3) is 0 Å². The van der Waals surface area contributed by atoms with Crippen molar-refractivity contribution in [3.8, 4) is 0 Å². The minimum absolute atomic E-state index is 0.0706. The maximum atomic E-state index is 13.4. The molecule has 0 bridgehead atoms. The number of fused-ring (bicyclic) bond motifs is 1. The third-order valence-corrected chi connectivity index (χ3v) is 5.14. The number of hydrogen-bond donors (Lipinski definition) is 1. The highest BCUT2D eigenvalue weighted by Gasteiger charge is 2.46. The highest BCUT2D eigenvalue weighted by Crippen LogP contribution is 2.41. The molecule has 27 heavy (non-hydrogen) atoms. The average molecular weight is 379 g/mol.